The van der Waals surface area contributed by atoms with Gasteiger partial charge in [0.05, 0.1) is 41.1 Å². The summed E-state index contributed by atoms with van der Waals surface area (Å²) in [5.74, 6) is 0.681. The van der Waals surface area contributed by atoms with Crippen LogP contribution in [0.2, 0.25) is 0 Å². The molecule has 0 saturated carbocycles. The highest BCUT2D eigenvalue weighted by Crippen LogP contribution is 2.35. The lowest BCUT2D eigenvalue weighted by Gasteiger charge is -2.12. The summed E-state index contributed by atoms with van der Waals surface area (Å²) in [5, 5.41) is 24.0. The smallest absolute Gasteiger partial charge is 0.278 e. The maximum atomic E-state index is 12.8. The first kappa shape index (κ1) is 78.3. The predicted octanol–water partition coefficient (Wildman–Crippen LogP) is 14.8. The summed E-state index contributed by atoms with van der Waals surface area (Å²) in [6.07, 6.45) is 10.8. The fourth-order valence-electron chi connectivity index (χ4n) is 9.11. The number of thiophene rings is 2. The van der Waals surface area contributed by atoms with Crippen LogP contribution in [-0.2, 0) is 40.3 Å². The van der Waals surface area contributed by atoms with Gasteiger partial charge in [-0.1, -0.05) is 82.6 Å². The molecule has 0 fully saturated rings. The standard InChI is InChI=1S/C26H30N4O5S3.C24H27N3O3S3.C14H22N4O2S3.2CH4/c1-20-11-12-24(35-2)25(17-20)37(31,32)28-15-8-4-7-14-27-26-29-23(19-36-26)21-13-16-30(18-21)38(33,34)22-9-5-3-6-10-22;1-17-10-11-20(30-2)23(14-17)33(28,29)26-13-7-3-6-12-25-24-27-19(16-31-24)22-15-18-8-4-5-9-21(18)32-22;1-18(2)23(19,20)16-8-5-3-4-7-15-14-17-13(11-22-14)12-6-9-21-10-12;;/h3,5-6,9-13,16-19,28H,4,7-8,14-15H2,1-2H3,(H,27,29);4-5,8-11,14-16,26H,3,6-7,12-13H2,1-2H3,(H,25,27);6,9-11,16H,3-5,7-8H2,1-2H3,(H,15,17);2*1H4. The number of fused-ring (bicyclic) bond motifs is 1. The number of hydrogen-bond donors (Lipinski definition) is 6. The van der Waals surface area contributed by atoms with E-state index in [0.717, 1.165) is 108 Å². The summed E-state index contributed by atoms with van der Waals surface area (Å²) >= 11 is 8.09. The highest BCUT2D eigenvalue weighted by molar-refractivity contribution is 7.90. The molecular formula is C66H87N11O10S9. The Morgan fingerprint density at radius 2 is 0.969 bits per heavy atom. The second kappa shape index (κ2) is 37.9. The van der Waals surface area contributed by atoms with E-state index in [1.807, 2.05) is 36.7 Å². The average molecular weight is 1480 g/mol. The van der Waals surface area contributed by atoms with E-state index in [9.17, 15) is 33.7 Å². The summed E-state index contributed by atoms with van der Waals surface area (Å²) in [6.45, 7) is 7.24. The molecular weight excluding hydrogens is 1400 g/mol. The van der Waals surface area contributed by atoms with Crippen molar-refractivity contribution < 1.29 is 43.1 Å². The summed E-state index contributed by atoms with van der Waals surface area (Å²) in [6, 6.07) is 32.8. The van der Waals surface area contributed by atoms with Crippen LogP contribution in [0.25, 0.3) is 43.2 Å². The van der Waals surface area contributed by atoms with Gasteiger partial charge >= 0.3 is 0 Å². The summed E-state index contributed by atoms with van der Waals surface area (Å²) in [7, 11) is -8.21. The second-order valence-corrected chi connectivity index (χ2v) is 33.3. The largest absolute Gasteiger partial charge is 0.495 e. The van der Waals surface area contributed by atoms with E-state index in [-0.39, 0.29) is 29.5 Å². The Morgan fingerprint density at radius 3 is 1.46 bits per heavy atom. The maximum absolute atomic E-state index is 12.8. The Hall–Kier alpha value is -6.65. The number of anilines is 3. The minimum Gasteiger partial charge on any atom is -0.495 e. The highest BCUT2D eigenvalue weighted by Gasteiger charge is 2.22. The van der Waals surface area contributed by atoms with Crippen molar-refractivity contribution in [3.63, 3.8) is 0 Å². The minimum atomic E-state index is -3.65. The van der Waals surface area contributed by atoms with Crippen LogP contribution in [0.5, 0.6) is 11.5 Å². The Labute approximate surface area is 587 Å². The number of hydrogen-bond acceptors (Lipinski definition) is 21. The third-order valence-corrected chi connectivity index (χ3v) is 24.6. The number of benzene rings is 4. The Morgan fingerprint density at radius 1 is 0.500 bits per heavy atom. The Kier molecular flexibility index (Phi) is 30.9. The maximum Gasteiger partial charge on any atom is 0.278 e. The number of ether oxygens (including phenoxy) is 2. The molecule has 6 aromatic heterocycles. The van der Waals surface area contributed by atoms with Crippen LogP contribution in [0, 0.1) is 13.8 Å². The molecule has 4 aromatic carbocycles. The zero-order valence-corrected chi connectivity index (χ0v) is 60.4. The third-order valence-electron chi connectivity index (χ3n) is 14.2. The van der Waals surface area contributed by atoms with Crippen LogP contribution in [0.4, 0.5) is 15.4 Å². The molecule has 0 aliphatic rings. The second-order valence-electron chi connectivity index (χ2n) is 21.6. The molecule has 0 saturated heterocycles. The van der Waals surface area contributed by atoms with Crippen LogP contribution in [-0.4, -0.2) is 124 Å². The SMILES string of the molecule is C.C.CN(C)S(=O)(=O)NCCCCCNc1nc(-c2ccsc2)cs1.COc1ccc(C)cc1S(=O)(=O)NCCCCCNc1nc(-c2cc3ccccc3s2)cs1.COc1ccc(C)cc1S(=O)(=O)NCCCCCNc1nc(-c2ccn(S(=O)(=O)c3ccccc3)c2)cs1. The summed E-state index contributed by atoms with van der Waals surface area (Å²) in [4.78, 5) is 15.6. The first-order chi connectivity index (χ1) is 45.1. The van der Waals surface area contributed by atoms with Gasteiger partial charge in [0.1, 0.15) is 21.3 Å². The number of unbranched alkanes of at least 4 members (excludes halogenated alkanes) is 6. The van der Waals surface area contributed by atoms with E-state index in [1.54, 1.807) is 112 Å². The van der Waals surface area contributed by atoms with Gasteiger partial charge in [0, 0.05) is 103 Å². The zero-order chi connectivity index (χ0) is 67.1. The van der Waals surface area contributed by atoms with Crippen LogP contribution < -0.4 is 39.6 Å². The van der Waals surface area contributed by atoms with Gasteiger partial charge in [-0.3, -0.25) is 0 Å². The summed E-state index contributed by atoms with van der Waals surface area (Å²) in [5.41, 5.74) is 6.30. The number of methoxy groups -OCH3 is 2. The number of aryl methyl sites for hydroxylation is 2. The molecule has 0 spiro atoms. The lowest BCUT2D eigenvalue weighted by atomic mass is 10.2. The van der Waals surface area contributed by atoms with Crippen molar-refractivity contribution in [1.29, 1.82) is 0 Å². The number of thiazole rings is 3. The molecule has 0 bridgehead atoms. The van der Waals surface area contributed by atoms with Crippen LogP contribution in [0.1, 0.15) is 83.8 Å². The normalized spacial score (nSPS) is 11.6. The number of rotatable bonds is 34. The lowest BCUT2D eigenvalue weighted by Crippen LogP contribution is -2.36. The zero-order valence-electron chi connectivity index (χ0n) is 53.0. The molecule has 30 heteroatoms. The molecule has 10 aromatic rings. The highest BCUT2D eigenvalue weighted by atomic mass is 32.2. The van der Waals surface area contributed by atoms with Crippen LogP contribution in [0.15, 0.2) is 163 Å². The number of sulfonamides is 2. The van der Waals surface area contributed by atoms with Crippen LogP contribution in [0.3, 0.4) is 0 Å². The molecule has 0 atom stereocenters. The average Bonchev–Trinajstić information content (AvgIpc) is 1.26. The van der Waals surface area contributed by atoms with Gasteiger partial charge in [-0.25, -0.2) is 58.3 Å². The van der Waals surface area contributed by atoms with Crippen molar-refractivity contribution in [1.82, 2.24) is 37.4 Å². The van der Waals surface area contributed by atoms with Gasteiger partial charge in [0.2, 0.25) is 20.0 Å². The molecule has 21 nitrogen and oxygen atoms in total. The van der Waals surface area contributed by atoms with Crippen molar-refractivity contribution in [3.8, 4) is 44.6 Å². The van der Waals surface area contributed by atoms with E-state index < -0.39 is 40.3 Å². The molecule has 0 radical (unpaired) electrons. The molecule has 6 N–H and O–H groups in total. The summed E-state index contributed by atoms with van der Waals surface area (Å²) < 4.78 is 121. The Balaban J connectivity index is 0.000000232. The molecule has 96 heavy (non-hydrogen) atoms. The van der Waals surface area contributed by atoms with Gasteiger partial charge in [-0.2, -0.15) is 24.1 Å². The minimum absolute atomic E-state index is 0. The van der Waals surface area contributed by atoms with E-state index in [4.69, 9.17) is 14.5 Å². The van der Waals surface area contributed by atoms with Crippen molar-refractivity contribution in [2.45, 2.75) is 101 Å². The monoisotopic (exact) mass is 1480 g/mol. The van der Waals surface area contributed by atoms with Gasteiger partial charge in [0.25, 0.3) is 20.2 Å². The first-order valence-electron chi connectivity index (χ1n) is 30.2. The van der Waals surface area contributed by atoms with Gasteiger partial charge in [0.15, 0.2) is 15.4 Å². The van der Waals surface area contributed by atoms with E-state index in [1.165, 1.54) is 69.1 Å². The predicted molar refractivity (Wildman–Crippen MR) is 400 cm³/mol. The Bertz CT molecular complexity index is 4430. The van der Waals surface area contributed by atoms with E-state index in [0.29, 0.717) is 55.4 Å². The topological polar surface area (TPSA) is 274 Å². The molecule has 10 rings (SSSR count). The van der Waals surface area contributed by atoms with Crippen LogP contribution >= 0.6 is 56.7 Å². The van der Waals surface area contributed by atoms with Gasteiger partial charge < -0.3 is 25.4 Å². The molecule has 0 amide bonds. The molecule has 520 valence electrons. The molecule has 6 heterocycles. The molecule has 0 aliphatic heterocycles. The fraction of sp³-hybridized carbons (Fsp3) is 0.348. The fourth-order valence-corrected chi connectivity index (χ4v) is 17.6. The van der Waals surface area contributed by atoms with E-state index in [2.05, 4.69) is 92.6 Å². The third kappa shape index (κ3) is 23.0. The lowest BCUT2D eigenvalue weighted by molar-refractivity contribution is 0.402. The van der Waals surface area contributed by atoms with Crippen molar-refractivity contribution in [2.24, 2.45) is 0 Å². The van der Waals surface area contributed by atoms with Crippen molar-refractivity contribution in [2.75, 3.05) is 83.5 Å². The van der Waals surface area contributed by atoms with E-state index >= 15 is 0 Å². The van der Waals surface area contributed by atoms with Gasteiger partial charge in [-0.15, -0.1) is 45.3 Å². The first-order valence-corrected chi connectivity index (χ1v) is 40.4. The quantitative estimate of drug-likeness (QED) is 0.0205. The molecule has 0 unspecified atom stereocenters. The number of aromatic nitrogens is 4. The number of nitrogens with zero attached hydrogens (tertiary/aromatic N) is 5. The number of nitrogens with one attached hydrogen (secondary N) is 6. The van der Waals surface area contributed by atoms with Crippen molar-refractivity contribution in [3.05, 3.63) is 160 Å². The van der Waals surface area contributed by atoms with Crippen molar-refractivity contribution >= 4 is 122 Å². The molecule has 0 aliphatic carbocycles. The van der Waals surface area contributed by atoms with Gasteiger partial charge in [-0.05, 0) is 135 Å².